The Morgan fingerprint density at radius 1 is 1.16 bits per heavy atom. The molecule has 2 aliphatic heterocycles. The van der Waals surface area contributed by atoms with Gasteiger partial charge < -0.3 is 14.5 Å². The summed E-state index contributed by atoms with van der Waals surface area (Å²) in [6, 6.07) is 0. The van der Waals surface area contributed by atoms with Gasteiger partial charge in [-0.25, -0.2) is 18.6 Å². The quantitative estimate of drug-likeness (QED) is 0.732. The van der Waals surface area contributed by atoms with Gasteiger partial charge in [-0.15, -0.1) is 0 Å². The van der Waals surface area contributed by atoms with Gasteiger partial charge in [0.15, 0.2) is 11.6 Å². The van der Waals surface area contributed by atoms with E-state index < -0.39 is 40.8 Å². The van der Waals surface area contributed by atoms with E-state index in [1.54, 1.807) is 25.7 Å². The van der Waals surface area contributed by atoms with Crippen molar-refractivity contribution in [3.8, 4) is 0 Å². The zero-order valence-electron chi connectivity index (χ0n) is 18.0. The molecular formula is C22H25F2N3O4. The highest BCUT2D eigenvalue weighted by atomic mass is 19.1. The van der Waals surface area contributed by atoms with Crippen molar-refractivity contribution in [1.29, 1.82) is 0 Å². The fourth-order valence-electron chi connectivity index (χ4n) is 5.36. The van der Waals surface area contributed by atoms with Crippen molar-refractivity contribution in [3.05, 3.63) is 28.6 Å². The number of nitrogens with one attached hydrogen (secondary N) is 1. The van der Waals surface area contributed by atoms with Crippen LogP contribution in [0.3, 0.4) is 0 Å². The minimum Gasteiger partial charge on any atom is -0.469 e. The Kier molecular flexibility index (Phi) is 4.17. The Hall–Kier alpha value is -2.71. The van der Waals surface area contributed by atoms with Crippen molar-refractivity contribution in [1.82, 2.24) is 14.9 Å². The van der Waals surface area contributed by atoms with E-state index in [4.69, 9.17) is 9.47 Å². The molecule has 3 heterocycles. The van der Waals surface area contributed by atoms with E-state index in [-0.39, 0.29) is 35.0 Å². The largest absolute Gasteiger partial charge is 0.469 e. The van der Waals surface area contributed by atoms with Gasteiger partial charge in [0.25, 0.3) is 0 Å². The first-order valence-electron chi connectivity index (χ1n) is 10.5. The molecule has 1 N–H and O–H groups in total. The SMILES string of the molecule is COC(=O)C1Cc2c(c(F)c3[nH]c(C45CC(CN4C(=O)OC(C)(C)C)C5)nc3c2F)C1. The molecule has 31 heavy (non-hydrogen) atoms. The van der Waals surface area contributed by atoms with E-state index in [1.807, 2.05) is 0 Å². The fraction of sp³-hybridized carbons (Fsp3) is 0.591. The molecule has 3 fully saturated rings. The maximum Gasteiger partial charge on any atom is 0.411 e. The predicted octanol–water partition coefficient (Wildman–Crippen LogP) is 3.58. The Labute approximate surface area is 178 Å². The topological polar surface area (TPSA) is 84.5 Å². The standard InChI is InChI=1S/C22H25F2N3O4/c1-21(2,3)31-20(29)27-9-10-7-22(27,8-10)19-25-16-14(23)12-5-11(18(28)30-4)6-13(12)15(24)17(16)26-19/h10-11H,5-9H2,1-4H3,(H,25,26). The van der Waals surface area contributed by atoms with Gasteiger partial charge in [-0.3, -0.25) is 9.69 Å². The lowest BCUT2D eigenvalue weighted by Crippen LogP contribution is -2.48. The Bertz CT molecular complexity index is 1070. The summed E-state index contributed by atoms with van der Waals surface area (Å²) in [4.78, 5) is 33.7. The number of carbonyl (C=O) groups is 2. The first-order chi connectivity index (χ1) is 14.5. The smallest absolute Gasteiger partial charge is 0.411 e. The first-order valence-corrected chi connectivity index (χ1v) is 10.5. The van der Waals surface area contributed by atoms with Crippen LogP contribution in [0.5, 0.6) is 0 Å². The molecule has 4 aliphatic rings. The summed E-state index contributed by atoms with van der Waals surface area (Å²) >= 11 is 0. The fourth-order valence-corrected chi connectivity index (χ4v) is 5.36. The molecule has 1 atom stereocenters. The average molecular weight is 433 g/mol. The van der Waals surface area contributed by atoms with Crippen LogP contribution in [0.2, 0.25) is 0 Å². The molecule has 1 saturated carbocycles. The molecular weight excluding hydrogens is 408 g/mol. The average Bonchev–Trinajstić information content (AvgIpc) is 3.42. The molecule has 9 heteroatoms. The van der Waals surface area contributed by atoms with Crippen molar-refractivity contribution in [2.75, 3.05) is 13.7 Å². The molecule has 2 saturated heterocycles. The number of imidazole rings is 1. The third kappa shape index (κ3) is 2.85. The second-order valence-corrected chi connectivity index (χ2v) is 9.92. The molecule has 2 bridgehead atoms. The van der Waals surface area contributed by atoms with E-state index in [0.29, 0.717) is 31.1 Å². The lowest BCUT2D eigenvalue weighted by atomic mass is 9.73. The van der Waals surface area contributed by atoms with Gasteiger partial charge in [-0.2, -0.15) is 0 Å². The van der Waals surface area contributed by atoms with Gasteiger partial charge >= 0.3 is 12.1 Å². The highest BCUT2D eigenvalue weighted by Gasteiger charge is 2.61. The minimum atomic E-state index is -0.732. The number of halogens is 2. The highest BCUT2D eigenvalue weighted by molar-refractivity contribution is 5.82. The summed E-state index contributed by atoms with van der Waals surface area (Å²) in [7, 11) is 1.26. The number of benzene rings is 1. The van der Waals surface area contributed by atoms with Crippen molar-refractivity contribution >= 4 is 23.1 Å². The maximum atomic E-state index is 15.3. The third-order valence-corrected chi connectivity index (χ3v) is 6.73. The molecule has 6 rings (SSSR count). The second kappa shape index (κ2) is 6.40. The van der Waals surface area contributed by atoms with Gasteiger partial charge in [0, 0.05) is 6.54 Å². The number of esters is 1. The predicted molar refractivity (Wildman–Crippen MR) is 106 cm³/mol. The summed E-state index contributed by atoms with van der Waals surface area (Å²) in [6.07, 6.45) is 1.09. The number of methoxy groups -OCH3 is 1. The highest BCUT2D eigenvalue weighted by Crippen LogP contribution is 2.57. The Morgan fingerprint density at radius 3 is 2.42 bits per heavy atom. The Balaban J connectivity index is 1.54. The number of amides is 1. The van der Waals surface area contributed by atoms with Crippen molar-refractivity contribution in [3.63, 3.8) is 0 Å². The van der Waals surface area contributed by atoms with Crippen LogP contribution in [0.1, 0.15) is 50.6 Å². The molecule has 1 aromatic carbocycles. The van der Waals surface area contributed by atoms with E-state index in [9.17, 15) is 9.59 Å². The maximum absolute atomic E-state index is 15.3. The lowest BCUT2D eigenvalue weighted by molar-refractivity contribution is -0.145. The van der Waals surface area contributed by atoms with E-state index in [0.717, 1.165) is 0 Å². The van der Waals surface area contributed by atoms with Gasteiger partial charge in [-0.1, -0.05) is 0 Å². The lowest BCUT2D eigenvalue weighted by Gasteiger charge is -2.40. The van der Waals surface area contributed by atoms with Crippen LogP contribution in [-0.2, 0) is 32.6 Å². The molecule has 1 amide bonds. The van der Waals surface area contributed by atoms with E-state index in [2.05, 4.69) is 9.97 Å². The zero-order chi connectivity index (χ0) is 22.3. The molecule has 0 spiro atoms. The summed E-state index contributed by atoms with van der Waals surface area (Å²) < 4.78 is 40.9. The Morgan fingerprint density at radius 2 is 1.81 bits per heavy atom. The minimum absolute atomic E-state index is 0.0226. The van der Waals surface area contributed by atoms with Crippen LogP contribution in [0.15, 0.2) is 0 Å². The number of nitrogens with zero attached hydrogens (tertiary/aromatic N) is 2. The van der Waals surface area contributed by atoms with Gasteiger partial charge in [0.2, 0.25) is 0 Å². The molecule has 0 radical (unpaired) electrons. The third-order valence-electron chi connectivity index (χ3n) is 6.73. The number of fused-ring (bicyclic) bond motifs is 3. The van der Waals surface area contributed by atoms with Gasteiger partial charge in [-0.05, 0) is 63.5 Å². The number of H-pyrrole nitrogens is 1. The summed E-state index contributed by atoms with van der Waals surface area (Å²) in [5, 5.41) is 0. The van der Waals surface area contributed by atoms with Crippen molar-refractivity contribution in [2.45, 2.75) is 57.6 Å². The van der Waals surface area contributed by atoms with Crippen LogP contribution >= 0.6 is 0 Å². The number of hydrogen-bond donors (Lipinski definition) is 1. The molecule has 1 aromatic heterocycles. The number of aromatic nitrogens is 2. The van der Waals surface area contributed by atoms with Crippen LogP contribution < -0.4 is 0 Å². The molecule has 2 aliphatic carbocycles. The van der Waals surface area contributed by atoms with Crippen LogP contribution in [0.25, 0.3) is 11.0 Å². The summed E-state index contributed by atoms with van der Waals surface area (Å²) in [5.74, 6) is -1.58. The number of carbonyl (C=O) groups excluding carboxylic acids is 2. The van der Waals surface area contributed by atoms with Crippen molar-refractivity contribution in [2.24, 2.45) is 11.8 Å². The normalized spacial score (nSPS) is 25.0. The first kappa shape index (κ1) is 20.2. The molecule has 166 valence electrons. The van der Waals surface area contributed by atoms with Crippen LogP contribution in [0, 0.1) is 23.5 Å². The second-order valence-electron chi connectivity index (χ2n) is 9.92. The van der Waals surface area contributed by atoms with E-state index in [1.165, 1.54) is 7.11 Å². The summed E-state index contributed by atoms with van der Waals surface area (Å²) in [5.41, 5.74) is -1.12. The van der Waals surface area contributed by atoms with Gasteiger partial charge in [0.05, 0.1) is 13.0 Å². The molecule has 2 aromatic rings. The van der Waals surface area contributed by atoms with E-state index >= 15 is 8.78 Å². The number of aromatic amines is 1. The van der Waals surface area contributed by atoms with Crippen LogP contribution in [0.4, 0.5) is 13.6 Å². The monoisotopic (exact) mass is 433 g/mol. The van der Waals surface area contributed by atoms with Crippen LogP contribution in [-0.4, -0.2) is 46.2 Å². The van der Waals surface area contributed by atoms with Gasteiger partial charge in [0.1, 0.15) is 28.0 Å². The summed E-state index contributed by atoms with van der Waals surface area (Å²) in [6.45, 7) is 5.93. The van der Waals surface area contributed by atoms with Crippen molar-refractivity contribution < 1.29 is 27.8 Å². The molecule has 7 nitrogen and oxygen atoms in total. The number of hydrogen-bond acceptors (Lipinski definition) is 5. The molecule has 1 unspecified atom stereocenters. The number of rotatable bonds is 2. The number of ether oxygens (including phenoxy) is 2. The zero-order valence-corrected chi connectivity index (χ0v) is 18.0.